The van der Waals surface area contributed by atoms with Crippen LogP contribution in [-0.4, -0.2) is 20.4 Å². The van der Waals surface area contributed by atoms with Gasteiger partial charge in [-0.2, -0.15) is 8.42 Å². The Bertz CT molecular complexity index is 1610. The van der Waals surface area contributed by atoms with E-state index in [-0.39, 0.29) is 16.7 Å². The van der Waals surface area contributed by atoms with Gasteiger partial charge in [-0.1, -0.05) is 45.9 Å². The van der Waals surface area contributed by atoms with Crippen molar-refractivity contribution in [1.82, 2.24) is 0 Å². The van der Waals surface area contributed by atoms with Gasteiger partial charge in [0.15, 0.2) is 5.60 Å². The Balaban J connectivity index is 2.24. The molecule has 41 heavy (non-hydrogen) atoms. The van der Waals surface area contributed by atoms with Gasteiger partial charge in [0.2, 0.25) is 0 Å². The molecule has 1 aliphatic heterocycles. The summed E-state index contributed by atoms with van der Waals surface area (Å²) < 4.78 is 46.0. The standard InChI is InChI=1S/C31H32Br2O7S/c1-15(2)21-13-24(17(5)27(32)29(21)38-19(7)34)31(23-11-9-10-12-26(23)41(36,37)40-31)25-14-22(16(3)4)30(39-20(8)35)28(33)18(25)6/h9-16H,1-8H3. The van der Waals surface area contributed by atoms with Gasteiger partial charge < -0.3 is 9.47 Å². The molecule has 0 aliphatic carbocycles. The summed E-state index contributed by atoms with van der Waals surface area (Å²) in [6.07, 6.45) is 0. The van der Waals surface area contributed by atoms with Gasteiger partial charge in [0.25, 0.3) is 10.1 Å². The van der Waals surface area contributed by atoms with E-state index in [9.17, 15) is 18.0 Å². The van der Waals surface area contributed by atoms with Crippen LogP contribution in [0.4, 0.5) is 0 Å². The predicted octanol–water partition coefficient (Wildman–Crippen LogP) is 7.94. The van der Waals surface area contributed by atoms with E-state index in [1.807, 2.05) is 53.7 Å². The van der Waals surface area contributed by atoms with E-state index in [1.165, 1.54) is 19.9 Å². The smallest absolute Gasteiger partial charge is 0.308 e. The first-order valence-electron chi connectivity index (χ1n) is 13.1. The molecule has 0 unspecified atom stereocenters. The summed E-state index contributed by atoms with van der Waals surface area (Å²) in [6, 6.07) is 10.5. The lowest BCUT2D eigenvalue weighted by molar-refractivity contribution is -0.132. The van der Waals surface area contributed by atoms with Crippen molar-refractivity contribution in [2.75, 3.05) is 0 Å². The van der Waals surface area contributed by atoms with Gasteiger partial charge in [-0.3, -0.25) is 9.59 Å². The van der Waals surface area contributed by atoms with E-state index in [0.717, 1.165) is 0 Å². The highest BCUT2D eigenvalue weighted by Gasteiger charge is 2.53. The molecule has 0 saturated heterocycles. The second kappa shape index (κ2) is 11.3. The number of rotatable bonds is 6. The molecule has 0 atom stereocenters. The minimum Gasteiger partial charge on any atom is -0.425 e. The number of halogens is 2. The lowest BCUT2D eigenvalue weighted by Gasteiger charge is -2.35. The monoisotopic (exact) mass is 706 g/mol. The topological polar surface area (TPSA) is 96.0 Å². The summed E-state index contributed by atoms with van der Waals surface area (Å²) in [5.74, 6) is -0.358. The van der Waals surface area contributed by atoms with Crippen molar-refractivity contribution in [3.05, 3.63) is 84.3 Å². The molecule has 4 rings (SSSR count). The van der Waals surface area contributed by atoms with Crippen molar-refractivity contribution < 1.29 is 31.7 Å². The third kappa shape index (κ3) is 5.28. The predicted molar refractivity (Wildman–Crippen MR) is 163 cm³/mol. The molecule has 1 heterocycles. The molecule has 0 spiro atoms. The van der Waals surface area contributed by atoms with E-state index in [4.69, 9.17) is 13.7 Å². The molecule has 3 aromatic rings. The highest BCUT2D eigenvalue weighted by Crippen LogP contribution is 2.56. The average molecular weight is 708 g/mol. The number of esters is 2. The Kier molecular flexibility index (Phi) is 8.64. The van der Waals surface area contributed by atoms with Crippen molar-refractivity contribution in [1.29, 1.82) is 0 Å². The van der Waals surface area contributed by atoms with Crippen LogP contribution in [0.25, 0.3) is 0 Å². The SMILES string of the molecule is CC(=O)Oc1c(C(C)C)cc(C2(c3cc(C(C)C)c(OC(C)=O)c(Br)c3C)OS(=O)(=O)c3ccccc32)c(C)c1Br. The van der Waals surface area contributed by atoms with Gasteiger partial charge >= 0.3 is 11.9 Å². The largest absolute Gasteiger partial charge is 0.425 e. The zero-order chi connectivity index (χ0) is 30.6. The summed E-state index contributed by atoms with van der Waals surface area (Å²) in [6.45, 7) is 14.2. The number of hydrogen-bond acceptors (Lipinski definition) is 7. The minimum absolute atomic E-state index is 0.0661. The number of carbonyl (C=O) groups is 2. The first kappa shape index (κ1) is 31.4. The van der Waals surface area contributed by atoms with Crippen LogP contribution in [0.1, 0.15) is 92.3 Å². The van der Waals surface area contributed by atoms with E-state index < -0.39 is 27.7 Å². The third-order valence-electron chi connectivity index (χ3n) is 7.25. The summed E-state index contributed by atoms with van der Waals surface area (Å²) in [5.41, 5.74) is 2.68. The molecule has 0 amide bonds. The highest BCUT2D eigenvalue weighted by atomic mass is 79.9. The van der Waals surface area contributed by atoms with Crippen molar-refractivity contribution in [2.24, 2.45) is 0 Å². The summed E-state index contributed by atoms with van der Waals surface area (Å²) in [7, 11) is -4.19. The molecule has 7 nitrogen and oxygen atoms in total. The van der Waals surface area contributed by atoms with Gasteiger partial charge in [-0.05, 0) is 109 Å². The molecular weight excluding hydrogens is 676 g/mol. The van der Waals surface area contributed by atoms with E-state index in [0.29, 0.717) is 59.4 Å². The number of hydrogen-bond donors (Lipinski definition) is 0. The van der Waals surface area contributed by atoms with Crippen LogP contribution in [0, 0.1) is 13.8 Å². The second-order valence-corrected chi connectivity index (χ2v) is 13.9. The number of ether oxygens (including phenoxy) is 2. The van der Waals surface area contributed by atoms with Crippen LogP contribution in [-0.2, 0) is 29.5 Å². The van der Waals surface area contributed by atoms with Crippen molar-refractivity contribution >= 4 is 53.9 Å². The van der Waals surface area contributed by atoms with Crippen LogP contribution in [0.3, 0.4) is 0 Å². The van der Waals surface area contributed by atoms with Crippen LogP contribution >= 0.6 is 31.9 Å². The maximum atomic E-state index is 13.7. The Hall–Kier alpha value is -2.53. The normalized spacial score (nSPS) is 15.2. The third-order valence-corrected chi connectivity index (χ3v) is 10.5. The quantitative estimate of drug-likeness (QED) is 0.146. The fourth-order valence-electron chi connectivity index (χ4n) is 5.33. The van der Waals surface area contributed by atoms with Gasteiger partial charge in [0.1, 0.15) is 16.4 Å². The van der Waals surface area contributed by atoms with E-state index in [2.05, 4.69) is 31.9 Å². The number of fused-ring (bicyclic) bond motifs is 1. The molecule has 0 saturated carbocycles. The zero-order valence-electron chi connectivity index (χ0n) is 24.1. The molecule has 1 aliphatic rings. The van der Waals surface area contributed by atoms with Gasteiger partial charge in [0.05, 0.1) is 8.95 Å². The molecular formula is C31H32Br2O7S. The Morgan fingerprint density at radius 2 is 1.20 bits per heavy atom. The van der Waals surface area contributed by atoms with Crippen LogP contribution in [0.2, 0.25) is 0 Å². The lowest BCUT2D eigenvalue weighted by Crippen LogP contribution is -2.32. The highest BCUT2D eigenvalue weighted by molar-refractivity contribution is 9.11. The Morgan fingerprint density at radius 3 is 1.59 bits per heavy atom. The van der Waals surface area contributed by atoms with Crippen molar-refractivity contribution in [2.45, 2.75) is 77.7 Å². The van der Waals surface area contributed by atoms with Gasteiger partial charge in [-0.15, -0.1) is 0 Å². The maximum Gasteiger partial charge on any atom is 0.308 e. The fraction of sp³-hybridized carbons (Fsp3) is 0.355. The molecule has 0 N–H and O–H groups in total. The van der Waals surface area contributed by atoms with Crippen LogP contribution in [0.15, 0.2) is 50.2 Å². The molecule has 218 valence electrons. The lowest BCUT2D eigenvalue weighted by atomic mass is 9.75. The Morgan fingerprint density at radius 1 is 0.780 bits per heavy atom. The summed E-state index contributed by atoms with van der Waals surface area (Å²) in [5, 5.41) is 0. The molecule has 0 aromatic heterocycles. The summed E-state index contributed by atoms with van der Waals surface area (Å²) >= 11 is 7.30. The molecule has 0 radical (unpaired) electrons. The number of carbonyl (C=O) groups excluding carboxylic acids is 2. The average Bonchev–Trinajstić information content (AvgIpc) is 3.12. The van der Waals surface area contributed by atoms with Crippen LogP contribution in [0.5, 0.6) is 11.5 Å². The molecule has 10 heteroatoms. The first-order valence-corrected chi connectivity index (χ1v) is 16.1. The number of benzene rings is 3. The first-order chi connectivity index (χ1) is 19.0. The van der Waals surface area contributed by atoms with E-state index >= 15 is 0 Å². The maximum absolute atomic E-state index is 13.7. The zero-order valence-corrected chi connectivity index (χ0v) is 28.1. The Labute approximate surface area is 258 Å². The molecule has 3 aromatic carbocycles. The van der Waals surface area contributed by atoms with Crippen molar-refractivity contribution in [3.63, 3.8) is 0 Å². The van der Waals surface area contributed by atoms with Gasteiger partial charge in [-0.25, -0.2) is 4.18 Å². The second-order valence-electron chi connectivity index (χ2n) is 10.8. The van der Waals surface area contributed by atoms with Crippen LogP contribution < -0.4 is 9.47 Å². The van der Waals surface area contributed by atoms with Crippen molar-refractivity contribution in [3.8, 4) is 11.5 Å². The summed E-state index contributed by atoms with van der Waals surface area (Å²) in [4.78, 5) is 24.1. The molecule has 0 fully saturated rings. The fourth-order valence-corrected chi connectivity index (χ4v) is 7.79. The van der Waals surface area contributed by atoms with E-state index in [1.54, 1.807) is 18.2 Å². The minimum atomic E-state index is -4.19. The van der Waals surface area contributed by atoms with Gasteiger partial charge in [0, 0.05) is 19.4 Å². The molecule has 0 bridgehead atoms.